The molecule has 0 atom stereocenters. The molecule has 1 aromatic carbocycles. The minimum atomic E-state index is -0.899. The van der Waals surface area contributed by atoms with E-state index >= 15 is 0 Å². The highest BCUT2D eigenvalue weighted by atomic mass is 32.1. The normalized spacial score (nSPS) is 12.2. The Morgan fingerprint density at radius 2 is 2.08 bits per heavy atom. The van der Waals surface area contributed by atoms with E-state index in [-0.39, 0.29) is 6.54 Å². The number of carboxylic acid groups (broad SMARTS) is 1. The highest BCUT2D eigenvalue weighted by molar-refractivity contribution is 7.79. The molecular weight excluding hydrogens is 326 g/mol. The van der Waals surface area contributed by atoms with Gasteiger partial charge in [-0.1, -0.05) is 11.2 Å². The van der Waals surface area contributed by atoms with Crippen molar-refractivity contribution >= 4 is 24.3 Å². The highest BCUT2D eigenvalue weighted by Gasteiger charge is 2.29. The average molecular weight is 347 g/mol. The van der Waals surface area contributed by atoms with Gasteiger partial charge in [-0.25, -0.2) is 0 Å². The first kappa shape index (κ1) is 19.6. The van der Waals surface area contributed by atoms with Crippen LogP contribution in [0.4, 0.5) is 5.69 Å². The first-order valence-corrected chi connectivity index (χ1v) is 8.21. The van der Waals surface area contributed by atoms with Crippen molar-refractivity contribution in [3.8, 4) is 24.3 Å². The Bertz CT molecular complexity index is 693. The van der Waals surface area contributed by atoms with Crippen LogP contribution in [0.15, 0.2) is 22.7 Å². The predicted molar refractivity (Wildman–Crippen MR) is 97.4 cm³/mol. The standard InChI is InChI=1S/C14H15N3O3.C2H2.CH4S/c1-8-2-3-10(6-11(8)15-7-12(18)19)14-16-13(17-20-14)9-4-5-9;2*1-2/h2-3,6,9,15H,4-5,7H2,1H3,(H,18,19);1-2H;2H,1H3. The molecular formula is C17H21N3O3S. The Balaban J connectivity index is 0.000000671. The zero-order chi connectivity index (χ0) is 18.1. The van der Waals surface area contributed by atoms with Gasteiger partial charge in [0.05, 0.1) is 0 Å². The van der Waals surface area contributed by atoms with Crippen LogP contribution in [0.2, 0.25) is 0 Å². The van der Waals surface area contributed by atoms with Crippen LogP contribution in [0.3, 0.4) is 0 Å². The van der Waals surface area contributed by atoms with Gasteiger partial charge in [0.2, 0.25) is 0 Å². The van der Waals surface area contributed by atoms with Crippen molar-refractivity contribution in [3.05, 3.63) is 29.6 Å². The van der Waals surface area contributed by atoms with E-state index in [1.807, 2.05) is 25.1 Å². The summed E-state index contributed by atoms with van der Waals surface area (Å²) >= 11 is 3.53. The summed E-state index contributed by atoms with van der Waals surface area (Å²) in [7, 11) is 0. The van der Waals surface area contributed by atoms with Gasteiger partial charge in [-0.3, -0.25) is 4.79 Å². The Kier molecular flexibility index (Phi) is 7.86. The number of carbonyl (C=O) groups is 1. The minimum Gasteiger partial charge on any atom is -0.480 e. The maximum Gasteiger partial charge on any atom is 0.322 e. The number of terminal acetylenes is 1. The van der Waals surface area contributed by atoms with E-state index in [0.29, 0.717) is 11.8 Å². The van der Waals surface area contributed by atoms with Crippen molar-refractivity contribution in [2.75, 3.05) is 18.1 Å². The Hall–Kier alpha value is -2.46. The van der Waals surface area contributed by atoms with E-state index in [0.717, 1.165) is 35.5 Å². The van der Waals surface area contributed by atoms with Crippen LogP contribution < -0.4 is 5.32 Å². The van der Waals surface area contributed by atoms with E-state index < -0.39 is 5.97 Å². The molecule has 6 nitrogen and oxygen atoms in total. The quantitative estimate of drug-likeness (QED) is 0.568. The van der Waals surface area contributed by atoms with Gasteiger partial charge in [0.25, 0.3) is 5.89 Å². The SMILES string of the molecule is C#C.CS.Cc1ccc(-c2nc(C3CC3)no2)cc1NCC(=O)O. The van der Waals surface area contributed by atoms with Crippen molar-refractivity contribution in [2.45, 2.75) is 25.7 Å². The lowest BCUT2D eigenvalue weighted by atomic mass is 10.1. The second kappa shape index (κ2) is 9.63. The van der Waals surface area contributed by atoms with Crippen LogP contribution in [-0.2, 0) is 4.79 Å². The minimum absolute atomic E-state index is 0.124. The molecule has 24 heavy (non-hydrogen) atoms. The molecule has 128 valence electrons. The summed E-state index contributed by atoms with van der Waals surface area (Å²) in [5, 5.41) is 15.6. The molecule has 1 heterocycles. The Morgan fingerprint density at radius 3 is 2.67 bits per heavy atom. The third kappa shape index (κ3) is 5.32. The molecule has 3 rings (SSSR count). The summed E-state index contributed by atoms with van der Waals surface area (Å²) in [5.41, 5.74) is 2.52. The van der Waals surface area contributed by atoms with Gasteiger partial charge in [-0.05, 0) is 43.7 Å². The number of anilines is 1. The van der Waals surface area contributed by atoms with E-state index in [1.165, 1.54) is 0 Å². The van der Waals surface area contributed by atoms with Crippen LogP contribution in [0, 0.1) is 19.8 Å². The molecule has 0 bridgehead atoms. The lowest BCUT2D eigenvalue weighted by Crippen LogP contribution is -2.13. The van der Waals surface area contributed by atoms with Crippen LogP contribution >= 0.6 is 12.6 Å². The number of thiol groups is 1. The van der Waals surface area contributed by atoms with Gasteiger partial charge in [-0.2, -0.15) is 17.6 Å². The van der Waals surface area contributed by atoms with Gasteiger partial charge >= 0.3 is 5.97 Å². The van der Waals surface area contributed by atoms with Crippen molar-refractivity contribution in [3.63, 3.8) is 0 Å². The zero-order valence-electron chi connectivity index (χ0n) is 13.7. The summed E-state index contributed by atoms with van der Waals surface area (Å²) in [6.07, 6.45) is 11.9. The molecule has 7 heteroatoms. The molecule has 1 aliphatic rings. The number of aromatic nitrogens is 2. The fourth-order valence-corrected chi connectivity index (χ4v) is 1.98. The van der Waals surface area contributed by atoms with Gasteiger partial charge in [0.1, 0.15) is 6.54 Å². The summed E-state index contributed by atoms with van der Waals surface area (Å²) in [5.74, 6) is 0.789. The first-order valence-electron chi connectivity index (χ1n) is 7.32. The third-order valence-electron chi connectivity index (χ3n) is 3.30. The second-order valence-electron chi connectivity index (χ2n) is 5.01. The van der Waals surface area contributed by atoms with Crippen molar-refractivity contribution in [1.29, 1.82) is 0 Å². The number of rotatable bonds is 5. The van der Waals surface area contributed by atoms with Crippen LogP contribution in [0.1, 0.15) is 30.1 Å². The van der Waals surface area contributed by atoms with Crippen molar-refractivity contribution in [2.24, 2.45) is 0 Å². The van der Waals surface area contributed by atoms with Gasteiger partial charge in [0, 0.05) is 17.2 Å². The highest BCUT2D eigenvalue weighted by Crippen LogP contribution is 2.39. The zero-order valence-corrected chi connectivity index (χ0v) is 14.6. The van der Waals surface area contributed by atoms with Gasteiger partial charge < -0.3 is 14.9 Å². The molecule has 2 N–H and O–H groups in total. The largest absolute Gasteiger partial charge is 0.480 e. The number of hydrogen-bond donors (Lipinski definition) is 3. The number of carboxylic acids is 1. The number of nitrogens with one attached hydrogen (secondary N) is 1. The molecule has 0 amide bonds. The van der Waals surface area contributed by atoms with Crippen molar-refractivity contribution in [1.82, 2.24) is 10.1 Å². The number of aliphatic carboxylic acids is 1. The summed E-state index contributed by atoms with van der Waals surface area (Å²) in [4.78, 5) is 15.0. The molecule has 2 aromatic rings. The Morgan fingerprint density at radius 1 is 1.42 bits per heavy atom. The maximum atomic E-state index is 10.6. The number of benzene rings is 1. The fraction of sp³-hybridized carbons (Fsp3) is 0.353. The van der Waals surface area contributed by atoms with Gasteiger partial charge in [0.15, 0.2) is 5.82 Å². The predicted octanol–water partition coefficient (Wildman–Crippen LogP) is 3.21. The number of aryl methyl sites for hydroxylation is 1. The van der Waals surface area contributed by atoms with Crippen LogP contribution in [0.25, 0.3) is 11.5 Å². The summed E-state index contributed by atoms with van der Waals surface area (Å²) < 4.78 is 5.27. The molecule has 1 aromatic heterocycles. The fourth-order valence-electron chi connectivity index (χ4n) is 1.98. The molecule has 1 aliphatic carbocycles. The lowest BCUT2D eigenvalue weighted by molar-refractivity contribution is -0.134. The topological polar surface area (TPSA) is 88.3 Å². The smallest absolute Gasteiger partial charge is 0.322 e. The Labute approximate surface area is 147 Å². The molecule has 0 saturated heterocycles. The molecule has 1 fully saturated rings. The van der Waals surface area contributed by atoms with Crippen molar-refractivity contribution < 1.29 is 14.4 Å². The first-order chi connectivity index (χ1) is 11.6. The van der Waals surface area contributed by atoms with Crippen LogP contribution in [0.5, 0.6) is 0 Å². The van der Waals surface area contributed by atoms with Gasteiger partial charge in [-0.15, -0.1) is 12.8 Å². The lowest BCUT2D eigenvalue weighted by Gasteiger charge is -2.08. The molecule has 0 spiro atoms. The van der Waals surface area contributed by atoms with E-state index in [4.69, 9.17) is 9.63 Å². The monoisotopic (exact) mass is 347 g/mol. The van der Waals surface area contributed by atoms with Crippen LogP contribution in [-0.4, -0.2) is 34.0 Å². The molecule has 0 aliphatic heterocycles. The number of nitrogens with zero attached hydrogens (tertiary/aromatic N) is 2. The summed E-state index contributed by atoms with van der Waals surface area (Å²) in [6, 6.07) is 5.63. The second-order valence-corrected chi connectivity index (χ2v) is 5.01. The van der Waals surface area contributed by atoms with E-state index in [9.17, 15) is 4.79 Å². The van der Waals surface area contributed by atoms with E-state index in [1.54, 1.807) is 6.26 Å². The molecule has 0 radical (unpaired) electrons. The number of hydrogen-bond acceptors (Lipinski definition) is 6. The molecule has 1 saturated carbocycles. The van der Waals surface area contributed by atoms with E-state index in [2.05, 4.69) is 40.9 Å². The maximum absolute atomic E-state index is 10.6. The molecule has 0 unspecified atom stereocenters. The average Bonchev–Trinajstić information content (AvgIpc) is 3.35. The summed E-state index contributed by atoms with van der Waals surface area (Å²) in [6.45, 7) is 1.79. The third-order valence-corrected chi connectivity index (χ3v) is 3.30.